The summed E-state index contributed by atoms with van der Waals surface area (Å²) in [7, 11) is 0. The van der Waals surface area contributed by atoms with Gasteiger partial charge in [-0.05, 0) is 31.2 Å². The lowest BCUT2D eigenvalue weighted by atomic mass is 10.2. The van der Waals surface area contributed by atoms with Gasteiger partial charge in [0.05, 0.1) is 29.7 Å². The van der Waals surface area contributed by atoms with Crippen LogP contribution in [0, 0.1) is 18.6 Å². The number of nitrogens with two attached hydrogens (primary N) is 1. The van der Waals surface area contributed by atoms with E-state index in [2.05, 4.69) is 15.0 Å². The van der Waals surface area contributed by atoms with Crippen LogP contribution in [-0.4, -0.2) is 25.4 Å². The van der Waals surface area contributed by atoms with Crippen LogP contribution in [0.2, 0.25) is 0 Å². The molecule has 0 bridgehead atoms. The highest BCUT2D eigenvalue weighted by molar-refractivity contribution is 7.13. The molecule has 6 nitrogen and oxygen atoms in total. The number of rotatable bonds is 5. The number of amides is 1. The fourth-order valence-electron chi connectivity index (χ4n) is 3.06. The third-order valence-electron chi connectivity index (χ3n) is 4.52. The van der Waals surface area contributed by atoms with Crippen LogP contribution in [0.3, 0.4) is 0 Å². The summed E-state index contributed by atoms with van der Waals surface area (Å²) < 4.78 is 29.5. The summed E-state index contributed by atoms with van der Waals surface area (Å²) in [5.74, 6) is -1.68. The van der Waals surface area contributed by atoms with Gasteiger partial charge in [0.2, 0.25) is 0 Å². The van der Waals surface area contributed by atoms with Gasteiger partial charge < -0.3 is 10.3 Å². The number of aromatic nitrogens is 4. The molecule has 3 aromatic heterocycles. The van der Waals surface area contributed by atoms with E-state index >= 15 is 0 Å². The molecule has 0 atom stereocenters. The molecule has 146 valence electrons. The van der Waals surface area contributed by atoms with Crippen LogP contribution in [0.5, 0.6) is 0 Å². The summed E-state index contributed by atoms with van der Waals surface area (Å²) >= 11 is 1.36. The van der Waals surface area contributed by atoms with Crippen LogP contribution in [0.4, 0.5) is 8.78 Å². The molecular weight excluding hydrogens is 396 g/mol. The Hall–Kier alpha value is -3.46. The van der Waals surface area contributed by atoms with Gasteiger partial charge >= 0.3 is 0 Å². The molecule has 1 aromatic carbocycles. The third-order valence-corrected chi connectivity index (χ3v) is 5.38. The van der Waals surface area contributed by atoms with Crippen molar-refractivity contribution in [3.05, 3.63) is 76.7 Å². The lowest BCUT2D eigenvalue weighted by molar-refractivity contribution is 0.0999. The molecule has 4 rings (SSSR count). The van der Waals surface area contributed by atoms with E-state index in [1.54, 1.807) is 36.1 Å². The SMILES string of the molecule is Cc1c(C(N)=O)cc(-c2csc(-c3cnccn3)n2)n1Cc1cc(F)ccc1F. The smallest absolute Gasteiger partial charge is 0.250 e. The Morgan fingerprint density at radius 2 is 2.03 bits per heavy atom. The number of carbonyl (C=O) groups excluding carboxylic acids is 1. The Morgan fingerprint density at radius 3 is 2.76 bits per heavy atom. The zero-order valence-electron chi connectivity index (χ0n) is 15.3. The van der Waals surface area contributed by atoms with Gasteiger partial charge in [-0.1, -0.05) is 0 Å². The summed E-state index contributed by atoms with van der Waals surface area (Å²) in [4.78, 5) is 24.7. The first-order chi connectivity index (χ1) is 13.9. The van der Waals surface area contributed by atoms with E-state index in [0.717, 1.165) is 18.2 Å². The van der Waals surface area contributed by atoms with Gasteiger partial charge in [0, 0.05) is 29.0 Å². The molecule has 0 aliphatic rings. The molecule has 0 unspecified atom stereocenters. The molecule has 9 heteroatoms. The van der Waals surface area contributed by atoms with E-state index in [-0.39, 0.29) is 12.1 Å². The summed E-state index contributed by atoms with van der Waals surface area (Å²) in [5, 5.41) is 2.46. The predicted octanol–water partition coefficient (Wildman–Crippen LogP) is 3.80. The number of primary amides is 1. The van der Waals surface area contributed by atoms with E-state index < -0.39 is 17.5 Å². The minimum Gasteiger partial charge on any atom is -0.366 e. The lowest BCUT2D eigenvalue weighted by Crippen LogP contribution is -2.13. The van der Waals surface area contributed by atoms with Crippen LogP contribution < -0.4 is 5.73 Å². The number of hydrogen-bond acceptors (Lipinski definition) is 5. The quantitative estimate of drug-likeness (QED) is 0.541. The van der Waals surface area contributed by atoms with Crippen molar-refractivity contribution in [1.82, 2.24) is 19.5 Å². The fourth-order valence-corrected chi connectivity index (χ4v) is 3.84. The second kappa shape index (κ2) is 7.51. The van der Waals surface area contributed by atoms with Crippen molar-refractivity contribution in [2.75, 3.05) is 0 Å². The monoisotopic (exact) mass is 411 g/mol. The highest BCUT2D eigenvalue weighted by Crippen LogP contribution is 2.31. The second-order valence-electron chi connectivity index (χ2n) is 6.34. The van der Waals surface area contributed by atoms with E-state index in [1.807, 2.05) is 5.38 Å². The Balaban J connectivity index is 1.81. The standard InChI is InChI=1S/C20H15F2N5OS/c1-11-14(19(23)28)7-18(27(11)9-12-6-13(21)2-3-15(12)22)17-10-29-20(26-17)16-8-24-4-5-25-16/h2-8,10H,9H2,1H3,(H2,23,28). The molecule has 0 aliphatic carbocycles. The first-order valence-electron chi connectivity index (χ1n) is 8.60. The molecule has 4 aromatic rings. The molecule has 3 heterocycles. The van der Waals surface area contributed by atoms with Crippen LogP contribution in [0.1, 0.15) is 21.6 Å². The van der Waals surface area contributed by atoms with E-state index in [9.17, 15) is 13.6 Å². The Morgan fingerprint density at radius 1 is 1.21 bits per heavy atom. The van der Waals surface area contributed by atoms with Crippen molar-refractivity contribution in [2.24, 2.45) is 5.73 Å². The number of nitrogens with zero attached hydrogens (tertiary/aromatic N) is 4. The molecule has 0 aliphatic heterocycles. The highest BCUT2D eigenvalue weighted by atomic mass is 32.1. The van der Waals surface area contributed by atoms with Crippen molar-refractivity contribution in [3.8, 4) is 22.1 Å². The fraction of sp³-hybridized carbons (Fsp3) is 0.100. The molecule has 2 N–H and O–H groups in total. The summed E-state index contributed by atoms with van der Waals surface area (Å²) in [5.41, 5.74) is 8.26. The minimum atomic E-state index is -0.605. The molecule has 29 heavy (non-hydrogen) atoms. The molecular formula is C20H15F2N5OS. The minimum absolute atomic E-state index is 0.0239. The number of benzene rings is 1. The number of halogens is 2. The van der Waals surface area contributed by atoms with Crippen molar-refractivity contribution in [3.63, 3.8) is 0 Å². The number of thiazole rings is 1. The van der Waals surface area contributed by atoms with Gasteiger partial charge in [-0.2, -0.15) is 0 Å². The molecule has 0 radical (unpaired) electrons. The van der Waals surface area contributed by atoms with Crippen LogP contribution in [-0.2, 0) is 6.54 Å². The molecule has 1 amide bonds. The van der Waals surface area contributed by atoms with Crippen LogP contribution in [0.25, 0.3) is 22.1 Å². The summed E-state index contributed by atoms with van der Waals surface area (Å²) in [6, 6.07) is 4.89. The van der Waals surface area contributed by atoms with Crippen molar-refractivity contribution in [2.45, 2.75) is 13.5 Å². The maximum atomic E-state index is 14.2. The van der Waals surface area contributed by atoms with E-state index in [4.69, 9.17) is 5.73 Å². The molecule has 0 saturated heterocycles. The average molecular weight is 411 g/mol. The van der Waals surface area contributed by atoms with Gasteiger partial charge in [-0.3, -0.25) is 14.8 Å². The maximum absolute atomic E-state index is 14.2. The van der Waals surface area contributed by atoms with Gasteiger partial charge in [0.1, 0.15) is 22.3 Å². The Kier molecular flexibility index (Phi) is 4.89. The normalized spacial score (nSPS) is 11.0. The van der Waals surface area contributed by atoms with Crippen molar-refractivity contribution < 1.29 is 13.6 Å². The summed E-state index contributed by atoms with van der Waals surface area (Å²) in [6.07, 6.45) is 4.74. The van der Waals surface area contributed by atoms with E-state index in [0.29, 0.717) is 33.3 Å². The van der Waals surface area contributed by atoms with Gasteiger partial charge in [-0.15, -0.1) is 11.3 Å². The van der Waals surface area contributed by atoms with Gasteiger partial charge in [-0.25, -0.2) is 13.8 Å². The lowest BCUT2D eigenvalue weighted by Gasteiger charge is -2.12. The highest BCUT2D eigenvalue weighted by Gasteiger charge is 2.20. The number of hydrogen-bond donors (Lipinski definition) is 1. The average Bonchev–Trinajstić information content (AvgIpc) is 3.31. The van der Waals surface area contributed by atoms with Crippen molar-refractivity contribution >= 4 is 17.2 Å². The largest absolute Gasteiger partial charge is 0.366 e. The van der Waals surface area contributed by atoms with Crippen molar-refractivity contribution in [1.29, 1.82) is 0 Å². The molecule has 0 saturated carbocycles. The zero-order valence-corrected chi connectivity index (χ0v) is 16.1. The molecule has 0 fully saturated rings. The predicted molar refractivity (Wildman–Crippen MR) is 105 cm³/mol. The maximum Gasteiger partial charge on any atom is 0.250 e. The first kappa shape index (κ1) is 18.9. The zero-order chi connectivity index (χ0) is 20.5. The summed E-state index contributed by atoms with van der Waals surface area (Å²) in [6.45, 7) is 1.73. The Labute approximate surface area is 168 Å². The first-order valence-corrected chi connectivity index (χ1v) is 9.48. The van der Waals surface area contributed by atoms with Crippen LogP contribution >= 0.6 is 11.3 Å². The van der Waals surface area contributed by atoms with Crippen LogP contribution in [0.15, 0.2) is 48.2 Å². The second-order valence-corrected chi connectivity index (χ2v) is 7.20. The Bertz CT molecular complexity index is 1200. The molecule has 0 spiro atoms. The topological polar surface area (TPSA) is 86.7 Å². The van der Waals surface area contributed by atoms with Gasteiger partial charge in [0.15, 0.2) is 0 Å². The van der Waals surface area contributed by atoms with E-state index in [1.165, 1.54) is 11.3 Å². The van der Waals surface area contributed by atoms with Gasteiger partial charge in [0.25, 0.3) is 5.91 Å². The number of carbonyl (C=O) groups is 1. The third kappa shape index (κ3) is 3.64.